The van der Waals surface area contributed by atoms with Crippen LogP contribution in [-0.4, -0.2) is 55.0 Å². The molecule has 0 atom stereocenters. The molecule has 0 N–H and O–H groups in total. The van der Waals surface area contributed by atoms with Crippen LogP contribution in [-0.2, 0) is 11.3 Å². The molecule has 1 fully saturated rings. The van der Waals surface area contributed by atoms with Crippen molar-refractivity contribution in [3.63, 3.8) is 0 Å². The summed E-state index contributed by atoms with van der Waals surface area (Å²) in [5.41, 5.74) is 1.63. The highest BCUT2D eigenvalue weighted by Crippen LogP contribution is 2.26. The van der Waals surface area contributed by atoms with Crippen LogP contribution in [0.5, 0.6) is 0 Å². The van der Waals surface area contributed by atoms with Gasteiger partial charge in [0.25, 0.3) is 5.91 Å². The Morgan fingerprint density at radius 3 is 2.66 bits per heavy atom. The average molecular weight is 396 g/mol. The summed E-state index contributed by atoms with van der Waals surface area (Å²) >= 11 is 0. The van der Waals surface area contributed by atoms with Gasteiger partial charge in [-0.1, -0.05) is 18.2 Å². The number of aryl methyl sites for hydroxylation is 1. The van der Waals surface area contributed by atoms with Gasteiger partial charge in [-0.05, 0) is 31.5 Å². The SMILES string of the molecule is COC(=O)c1ccc(CN2CCCN(C(=O)c3oc4ccccc4c3C)CC2)o1. The van der Waals surface area contributed by atoms with Crippen molar-refractivity contribution in [1.82, 2.24) is 9.80 Å². The van der Waals surface area contributed by atoms with E-state index in [2.05, 4.69) is 9.64 Å². The van der Waals surface area contributed by atoms with E-state index in [0.29, 0.717) is 31.2 Å². The predicted molar refractivity (Wildman–Crippen MR) is 107 cm³/mol. The number of amides is 1. The molecule has 3 heterocycles. The molecule has 1 amide bonds. The first kappa shape index (κ1) is 19.3. The van der Waals surface area contributed by atoms with Gasteiger partial charge in [-0.3, -0.25) is 9.69 Å². The van der Waals surface area contributed by atoms with Gasteiger partial charge >= 0.3 is 5.97 Å². The number of esters is 1. The number of hydrogen-bond donors (Lipinski definition) is 0. The minimum absolute atomic E-state index is 0.0634. The highest BCUT2D eigenvalue weighted by Gasteiger charge is 2.25. The van der Waals surface area contributed by atoms with Gasteiger partial charge in [-0.2, -0.15) is 0 Å². The summed E-state index contributed by atoms with van der Waals surface area (Å²) in [5.74, 6) is 0.790. The van der Waals surface area contributed by atoms with E-state index in [9.17, 15) is 9.59 Å². The predicted octanol–water partition coefficient (Wildman–Crippen LogP) is 3.47. The lowest BCUT2D eigenvalue weighted by atomic mass is 10.1. The lowest BCUT2D eigenvalue weighted by Gasteiger charge is -2.21. The van der Waals surface area contributed by atoms with Crippen LogP contribution in [0, 0.1) is 6.92 Å². The number of methoxy groups -OCH3 is 1. The second-order valence-corrected chi connectivity index (χ2v) is 7.23. The minimum atomic E-state index is -0.481. The van der Waals surface area contributed by atoms with E-state index in [1.54, 1.807) is 12.1 Å². The van der Waals surface area contributed by atoms with Gasteiger partial charge in [0.15, 0.2) is 5.76 Å². The van der Waals surface area contributed by atoms with E-state index < -0.39 is 5.97 Å². The molecule has 2 aromatic heterocycles. The van der Waals surface area contributed by atoms with E-state index in [1.165, 1.54) is 7.11 Å². The van der Waals surface area contributed by atoms with Crippen molar-refractivity contribution in [3.8, 4) is 0 Å². The van der Waals surface area contributed by atoms with Crippen molar-refractivity contribution in [2.45, 2.75) is 19.9 Å². The topological polar surface area (TPSA) is 76.1 Å². The van der Waals surface area contributed by atoms with E-state index in [1.807, 2.05) is 36.1 Å². The number of benzene rings is 1. The molecule has 0 unspecified atom stereocenters. The van der Waals surface area contributed by atoms with Crippen LogP contribution in [0.4, 0.5) is 0 Å². The molecule has 29 heavy (non-hydrogen) atoms. The van der Waals surface area contributed by atoms with Gasteiger partial charge < -0.3 is 18.5 Å². The highest BCUT2D eigenvalue weighted by atomic mass is 16.5. The first-order chi connectivity index (χ1) is 14.1. The van der Waals surface area contributed by atoms with Crippen LogP contribution in [0.15, 0.2) is 45.2 Å². The lowest BCUT2D eigenvalue weighted by Crippen LogP contribution is -2.35. The first-order valence-electron chi connectivity index (χ1n) is 9.73. The zero-order valence-corrected chi connectivity index (χ0v) is 16.6. The number of fused-ring (bicyclic) bond motifs is 1. The zero-order chi connectivity index (χ0) is 20.4. The van der Waals surface area contributed by atoms with Gasteiger partial charge in [0, 0.05) is 37.1 Å². The number of para-hydroxylation sites is 1. The number of carbonyl (C=O) groups is 2. The largest absolute Gasteiger partial charge is 0.463 e. The molecular formula is C22H24N2O5. The monoisotopic (exact) mass is 396 g/mol. The lowest BCUT2D eigenvalue weighted by molar-refractivity contribution is 0.0560. The van der Waals surface area contributed by atoms with E-state index >= 15 is 0 Å². The van der Waals surface area contributed by atoms with Crippen LogP contribution in [0.1, 0.15) is 38.9 Å². The van der Waals surface area contributed by atoms with Crippen molar-refractivity contribution < 1.29 is 23.2 Å². The van der Waals surface area contributed by atoms with Crippen LogP contribution >= 0.6 is 0 Å². The Kier molecular flexibility index (Phi) is 5.40. The Morgan fingerprint density at radius 2 is 1.86 bits per heavy atom. The minimum Gasteiger partial charge on any atom is -0.463 e. The van der Waals surface area contributed by atoms with Crippen molar-refractivity contribution in [2.75, 3.05) is 33.3 Å². The Labute approximate surface area is 168 Å². The molecule has 7 heteroatoms. The van der Waals surface area contributed by atoms with Crippen molar-refractivity contribution >= 4 is 22.8 Å². The Bertz CT molecular complexity index is 1030. The van der Waals surface area contributed by atoms with Gasteiger partial charge in [0.05, 0.1) is 13.7 Å². The smallest absolute Gasteiger partial charge is 0.373 e. The maximum atomic E-state index is 13.1. The van der Waals surface area contributed by atoms with E-state index in [-0.39, 0.29) is 11.7 Å². The number of ether oxygens (including phenoxy) is 1. The third-order valence-corrected chi connectivity index (χ3v) is 5.34. The fourth-order valence-electron chi connectivity index (χ4n) is 3.75. The van der Waals surface area contributed by atoms with Gasteiger partial charge in [-0.25, -0.2) is 4.79 Å². The number of hydrogen-bond acceptors (Lipinski definition) is 6. The number of nitrogens with zero attached hydrogens (tertiary/aromatic N) is 2. The van der Waals surface area contributed by atoms with Crippen molar-refractivity contribution in [1.29, 1.82) is 0 Å². The second kappa shape index (κ2) is 8.13. The van der Waals surface area contributed by atoms with Crippen molar-refractivity contribution in [2.24, 2.45) is 0 Å². The molecule has 0 radical (unpaired) electrons. The molecule has 7 nitrogen and oxygen atoms in total. The summed E-state index contributed by atoms with van der Waals surface area (Å²) in [6, 6.07) is 11.1. The molecule has 0 aliphatic carbocycles. The molecule has 0 bridgehead atoms. The van der Waals surface area contributed by atoms with Gasteiger partial charge in [-0.15, -0.1) is 0 Å². The summed E-state index contributed by atoms with van der Waals surface area (Å²) in [6.07, 6.45) is 0.857. The van der Waals surface area contributed by atoms with Crippen LogP contribution < -0.4 is 0 Å². The van der Waals surface area contributed by atoms with Crippen LogP contribution in [0.2, 0.25) is 0 Å². The second-order valence-electron chi connectivity index (χ2n) is 7.23. The Morgan fingerprint density at radius 1 is 1.03 bits per heavy atom. The van der Waals surface area contributed by atoms with Gasteiger partial charge in [0.2, 0.25) is 5.76 Å². The molecule has 1 aliphatic rings. The Hall–Kier alpha value is -3.06. The molecule has 152 valence electrons. The first-order valence-corrected chi connectivity index (χ1v) is 9.73. The molecule has 0 saturated carbocycles. The van der Waals surface area contributed by atoms with Gasteiger partial charge in [0.1, 0.15) is 11.3 Å². The molecular weight excluding hydrogens is 372 g/mol. The fourth-order valence-corrected chi connectivity index (χ4v) is 3.75. The third kappa shape index (κ3) is 3.91. The maximum Gasteiger partial charge on any atom is 0.373 e. The summed E-state index contributed by atoms with van der Waals surface area (Å²) in [6.45, 7) is 5.37. The quantitative estimate of drug-likeness (QED) is 0.629. The summed E-state index contributed by atoms with van der Waals surface area (Å²) in [4.78, 5) is 28.7. The maximum absolute atomic E-state index is 13.1. The summed E-state index contributed by atoms with van der Waals surface area (Å²) < 4.78 is 16.1. The van der Waals surface area contributed by atoms with E-state index in [4.69, 9.17) is 8.83 Å². The Balaban J connectivity index is 1.41. The molecule has 1 aliphatic heterocycles. The number of rotatable bonds is 4. The highest BCUT2D eigenvalue weighted by molar-refractivity contribution is 5.98. The molecule has 1 saturated heterocycles. The molecule has 4 rings (SSSR count). The standard InChI is InChI=1S/C22H24N2O5/c1-15-17-6-3-4-7-18(17)29-20(15)21(25)24-11-5-10-23(12-13-24)14-16-8-9-19(28-16)22(26)27-2/h3-4,6-9H,5,10-14H2,1-2H3. The molecule has 3 aromatic rings. The normalized spacial score (nSPS) is 15.4. The summed E-state index contributed by atoms with van der Waals surface area (Å²) in [5, 5.41) is 0.978. The fraction of sp³-hybridized carbons (Fsp3) is 0.364. The number of carbonyl (C=O) groups excluding carboxylic acids is 2. The van der Waals surface area contributed by atoms with E-state index in [0.717, 1.165) is 36.0 Å². The number of furan rings is 2. The third-order valence-electron chi connectivity index (χ3n) is 5.34. The van der Waals surface area contributed by atoms with Crippen LogP contribution in [0.25, 0.3) is 11.0 Å². The van der Waals surface area contributed by atoms with Crippen LogP contribution in [0.3, 0.4) is 0 Å². The summed E-state index contributed by atoms with van der Waals surface area (Å²) in [7, 11) is 1.33. The average Bonchev–Trinajstić information content (AvgIpc) is 3.25. The molecule has 1 aromatic carbocycles. The zero-order valence-electron chi connectivity index (χ0n) is 16.6. The van der Waals surface area contributed by atoms with Crippen molar-refractivity contribution in [3.05, 3.63) is 59.2 Å². The molecule has 0 spiro atoms.